The molecule has 1 atom stereocenters. The van der Waals surface area contributed by atoms with Crippen LogP contribution in [0.2, 0.25) is 0 Å². The highest BCUT2D eigenvalue weighted by molar-refractivity contribution is 6.10. The number of rotatable bonds is 3. The lowest BCUT2D eigenvalue weighted by atomic mass is 9.98. The minimum atomic E-state index is -0.487. The Morgan fingerprint density at radius 2 is 1.97 bits per heavy atom. The fraction of sp³-hybridized carbons (Fsp3) is 0.545. The fourth-order valence-electron chi connectivity index (χ4n) is 3.57. The van der Waals surface area contributed by atoms with Crippen molar-refractivity contribution in [1.82, 2.24) is 15.5 Å². The van der Waals surface area contributed by atoms with Crippen LogP contribution >= 0.6 is 0 Å². The standard InChI is InChI=1S/C22H33N5O2/c1-14-7-6-8-17(15(14)2)18-13-19(26-20(23)25-18)24-16-9-11-27(12-10-16)21(28)29-22(3,4)5/h6-8,13,16,20,24,26H,9-12,23H2,1-5H3. The van der Waals surface area contributed by atoms with E-state index in [4.69, 9.17) is 10.5 Å². The number of amides is 1. The molecule has 0 aromatic heterocycles. The molecule has 1 fully saturated rings. The second-order valence-electron chi connectivity index (χ2n) is 8.80. The van der Waals surface area contributed by atoms with Gasteiger partial charge in [0.15, 0.2) is 6.29 Å². The Morgan fingerprint density at radius 3 is 2.62 bits per heavy atom. The second-order valence-corrected chi connectivity index (χ2v) is 8.80. The van der Waals surface area contributed by atoms with E-state index in [1.807, 2.05) is 32.9 Å². The topological polar surface area (TPSA) is 92.0 Å². The van der Waals surface area contributed by atoms with Crippen LogP contribution in [0.5, 0.6) is 0 Å². The van der Waals surface area contributed by atoms with Crippen LogP contribution in [0.15, 0.2) is 35.1 Å². The number of aryl methyl sites for hydroxylation is 1. The average molecular weight is 400 g/mol. The molecule has 7 nitrogen and oxygen atoms in total. The van der Waals surface area contributed by atoms with Crippen LogP contribution in [-0.4, -0.2) is 47.7 Å². The van der Waals surface area contributed by atoms with Gasteiger partial charge in [0.1, 0.15) is 11.4 Å². The molecule has 3 rings (SSSR count). The number of hydrogen-bond donors (Lipinski definition) is 3. The van der Waals surface area contributed by atoms with Crippen LogP contribution in [0, 0.1) is 13.8 Å². The lowest BCUT2D eigenvalue weighted by Gasteiger charge is -2.35. The normalized spacial score (nSPS) is 20.5. The summed E-state index contributed by atoms with van der Waals surface area (Å²) in [4.78, 5) is 18.6. The Morgan fingerprint density at radius 1 is 1.28 bits per heavy atom. The van der Waals surface area contributed by atoms with Crippen molar-refractivity contribution in [1.29, 1.82) is 0 Å². The Hall–Kier alpha value is -2.54. The summed E-state index contributed by atoms with van der Waals surface area (Å²) in [6, 6.07) is 6.48. The third-order valence-electron chi connectivity index (χ3n) is 5.25. The minimum absolute atomic E-state index is 0.239. The number of likely N-dealkylation sites (tertiary alicyclic amines) is 1. The molecule has 4 N–H and O–H groups in total. The van der Waals surface area contributed by atoms with Crippen molar-refractivity contribution in [3.05, 3.63) is 46.8 Å². The van der Waals surface area contributed by atoms with E-state index in [1.54, 1.807) is 4.90 Å². The average Bonchev–Trinajstić information content (AvgIpc) is 2.62. The third-order valence-corrected chi connectivity index (χ3v) is 5.25. The summed E-state index contributed by atoms with van der Waals surface area (Å²) in [7, 11) is 0. The number of nitrogens with zero attached hydrogens (tertiary/aromatic N) is 2. The molecule has 158 valence electrons. The van der Waals surface area contributed by atoms with E-state index in [0.29, 0.717) is 13.1 Å². The number of nitrogens with one attached hydrogen (secondary N) is 2. The van der Waals surface area contributed by atoms with Crippen molar-refractivity contribution in [3.63, 3.8) is 0 Å². The van der Waals surface area contributed by atoms with Gasteiger partial charge in [-0.25, -0.2) is 9.79 Å². The summed E-state index contributed by atoms with van der Waals surface area (Å²) in [5.74, 6) is 0.874. The zero-order chi connectivity index (χ0) is 21.2. The van der Waals surface area contributed by atoms with Crippen molar-refractivity contribution in [2.75, 3.05) is 13.1 Å². The van der Waals surface area contributed by atoms with Gasteiger partial charge in [0.05, 0.1) is 5.71 Å². The van der Waals surface area contributed by atoms with E-state index in [-0.39, 0.29) is 12.1 Å². The van der Waals surface area contributed by atoms with Gasteiger partial charge in [-0.2, -0.15) is 0 Å². The molecule has 0 saturated carbocycles. The van der Waals surface area contributed by atoms with Gasteiger partial charge in [-0.15, -0.1) is 0 Å². The van der Waals surface area contributed by atoms with E-state index in [0.717, 1.165) is 29.9 Å². The van der Waals surface area contributed by atoms with Gasteiger partial charge >= 0.3 is 6.09 Å². The molecule has 2 heterocycles. The van der Waals surface area contributed by atoms with Gasteiger partial charge in [-0.05, 0) is 58.6 Å². The third kappa shape index (κ3) is 5.50. The Labute approximate surface area is 173 Å². The largest absolute Gasteiger partial charge is 0.444 e. The van der Waals surface area contributed by atoms with Crippen molar-refractivity contribution in [2.45, 2.75) is 65.4 Å². The first-order valence-electron chi connectivity index (χ1n) is 10.2. The van der Waals surface area contributed by atoms with Gasteiger partial charge in [0, 0.05) is 30.8 Å². The van der Waals surface area contributed by atoms with Crippen molar-refractivity contribution < 1.29 is 9.53 Å². The number of allylic oxidation sites excluding steroid dienone is 1. The molecule has 0 spiro atoms. The SMILES string of the molecule is Cc1cccc(C2=NC(N)NC(NC3CCN(C(=O)OC(C)(C)C)CC3)=C2)c1C. The molecule has 2 aliphatic heterocycles. The number of piperidine rings is 1. The van der Waals surface area contributed by atoms with Gasteiger partial charge in [0.25, 0.3) is 0 Å². The van der Waals surface area contributed by atoms with E-state index < -0.39 is 11.9 Å². The maximum absolute atomic E-state index is 12.2. The molecule has 29 heavy (non-hydrogen) atoms. The lowest BCUT2D eigenvalue weighted by molar-refractivity contribution is 0.0200. The molecule has 0 radical (unpaired) electrons. The highest BCUT2D eigenvalue weighted by atomic mass is 16.6. The van der Waals surface area contributed by atoms with E-state index in [9.17, 15) is 4.79 Å². The monoisotopic (exact) mass is 399 g/mol. The van der Waals surface area contributed by atoms with Gasteiger partial charge in [-0.1, -0.05) is 18.2 Å². The van der Waals surface area contributed by atoms with Crippen molar-refractivity contribution >= 4 is 11.8 Å². The Kier molecular flexibility index (Phi) is 6.17. The molecule has 0 aliphatic carbocycles. The molecular weight excluding hydrogens is 366 g/mol. The predicted molar refractivity (Wildman–Crippen MR) is 116 cm³/mol. The molecule has 0 bridgehead atoms. The number of benzene rings is 1. The Bertz CT molecular complexity index is 817. The number of hydrogen-bond acceptors (Lipinski definition) is 6. The van der Waals surface area contributed by atoms with E-state index >= 15 is 0 Å². The number of nitrogens with two attached hydrogens (primary N) is 1. The quantitative estimate of drug-likeness (QED) is 0.727. The number of aliphatic imine (C=N–C) groups is 1. The first-order chi connectivity index (χ1) is 13.6. The first kappa shape index (κ1) is 21.2. The number of carbonyl (C=O) groups excluding carboxylic acids is 1. The van der Waals surface area contributed by atoms with Crippen LogP contribution in [0.25, 0.3) is 0 Å². The molecule has 1 unspecified atom stereocenters. The van der Waals surface area contributed by atoms with Gasteiger partial charge in [0.2, 0.25) is 0 Å². The second kappa shape index (κ2) is 8.45. The minimum Gasteiger partial charge on any atom is -0.444 e. The van der Waals surface area contributed by atoms with Gasteiger partial charge < -0.3 is 20.3 Å². The van der Waals surface area contributed by atoms with Crippen LogP contribution in [0.3, 0.4) is 0 Å². The summed E-state index contributed by atoms with van der Waals surface area (Å²) < 4.78 is 5.47. The predicted octanol–water partition coefficient (Wildman–Crippen LogP) is 2.77. The molecule has 7 heteroatoms. The summed E-state index contributed by atoms with van der Waals surface area (Å²) in [6.45, 7) is 11.2. The van der Waals surface area contributed by atoms with Gasteiger partial charge in [-0.3, -0.25) is 5.73 Å². The highest BCUT2D eigenvalue weighted by Gasteiger charge is 2.27. The zero-order valence-electron chi connectivity index (χ0n) is 18.1. The zero-order valence-corrected chi connectivity index (χ0v) is 18.1. The van der Waals surface area contributed by atoms with Crippen LogP contribution in [0.1, 0.15) is 50.3 Å². The molecule has 2 aliphatic rings. The fourth-order valence-corrected chi connectivity index (χ4v) is 3.57. The Balaban J connectivity index is 1.62. The number of ether oxygens (including phenoxy) is 1. The highest BCUT2D eigenvalue weighted by Crippen LogP contribution is 2.19. The molecule has 1 saturated heterocycles. The summed E-state index contributed by atoms with van der Waals surface area (Å²) >= 11 is 0. The van der Waals surface area contributed by atoms with Crippen molar-refractivity contribution in [2.24, 2.45) is 10.7 Å². The van der Waals surface area contributed by atoms with E-state index in [1.165, 1.54) is 11.1 Å². The maximum atomic E-state index is 12.2. The van der Waals surface area contributed by atoms with E-state index in [2.05, 4.69) is 41.6 Å². The molecule has 1 aromatic carbocycles. The summed E-state index contributed by atoms with van der Waals surface area (Å²) in [6.07, 6.45) is 3.00. The summed E-state index contributed by atoms with van der Waals surface area (Å²) in [5.41, 5.74) is 10.1. The van der Waals surface area contributed by atoms with Crippen molar-refractivity contribution in [3.8, 4) is 0 Å². The molecule has 1 amide bonds. The van der Waals surface area contributed by atoms with Crippen LogP contribution in [-0.2, 0) is 4.74 Å². The van der Waals surface area contributed by atoms with Crippen LogP contribution < -0.4 is 16.4 Å². The molecular formula is C22H33N5O2. The lowest BCUT2D eigenvalue weighted by Crippen LogP contribution is -2.50. The smallest absolute Gasteiger partial charge is 0.410 e. The van der Waals surface area contributed by atoms with Crippen LogP contribution in [0.4, 0.5) is 4.79 Å². The molecule has 1 aromatic rings. The first-order valence-corrected chi connectivity index (χ1v) is 10.2. The summed E-state index contributed by atoms with van der Waals surface area (Å²) in [5, 5.41) is 6.74. The number of carbonyl (C=O) groups is 1. The maximum Gasteiger partial charge on any atom is 0.410 e.